The molecule has 0 aromatic heterocycles. The number of halogens is 3. The third-order valence-corrected chi connectivity index (χ3v) is 4.42. The molecule has 0 radical (unpaired) electrons. The zero-order valence-corrected chi connectivity index (χ0v) is 13.7. The summed E-state index contributed by atoms with van der Waals surface area (Å²) in [5.74, 6) is 0.490. The first-order valence-electron chi connectivity index (χ1n) is 6.83. The molecule has 1 amide bonds. The van der Waals surface area contributed by atoms with E-state index in [9.17, 15) is 26.4 Å². The Bertz CT molecular complexity index is 747. The summed E-state index contributed by atoms with van der Waals surface area (Å²) >= 11 is 0. The van der Waals surface area contributed by atoms with E-state index in [1.165, 1.54) is 37.5 Å². The number of cyclic esters (lactones) is 1. The number of benzene rings is 1. The summed E-state index contributed by atoms with van der Waals surface area (Å²) in [5, 5.41) is 0. The summed E-state index contributed by atoms with van der Waals surface area (Å²) in [6, 6.07) is 4.84. The van der Waals surface area contributed by atoms with E-state index in [0.29, 0.717) is 5.75 Å². The molecule has 0 N–H and O–H groups in total. The molecule has 7 nitrogen and oxygen atoms in total. The quantitative estimate of drug-likeness (QED) is 0.428. The summed E-state index contributed by atoms with van der Waals surface area (Å²) in [6.07, 6.45) is -0.735. The minimum atomic E-state index is -5.80. The third-order valence-electron chi connectivity index (χ3n) is 3.40. The lowest BCUT2D eigenvalue weighted by atomic mass is 10.1. The fourth-order valence-electron chi connectivity index (χ4n) is 2.17. The van der Waals surface area contributed by atoms with Gasteiger partial charge >= 0.3 is 21.7 Å². The van der Waals surface area contributed by atoms with Crippen LogP contribution in [0.3, 0.4) is 0 Å². The Morgan fingerprint density at radius 1 is 1.32 bits per heavy atom. The van der Waals surface area contributed by atoms with E-state index in [-0.39, 0.29) is 5.69 Å². The highest BCUT2D eigenvalue weighted by Crippen LogP contribution is 2.31. The van der Waals surface area contributed by atoms with Gasteiger partial charge in [0.2, 0.25) is 0 Å². The Hall–Kier alpha value is -2.27. The van der Waals surface area contributed by atoms with Crippen LogP contribution in [-0.2, 0) is 19.0 Å². The highest BCUT2D eigenvalue weighted by atomic mass is 32.2. The van der Waals surface area contributed by atoms with Gasteiger partial charge < -0.3 is 9.47 Å². The number of alkyl halides is 3. The van der Waals surface area contributed by atoms with Crippen LogP contribution in [0.25, 0.3) is 0 Å². The molecule has 1 aliphatic heterocycles. The van der Waals surface area contributed by atoms with E-state index in [1.807, 2.05) is 0 Å². The van der Waals surface area contributed by atoms with Gasteiger partial charge in [-0.05, 0) is 30.3 Å². The molecule has 0 bridgehead atoms. The smallest absolute Gasteiger partial charge is 0.497 e. The maximum Gasteiger partial charge on any atom is 0.523 e. The van der Waals surface area contributed by atoms with Gasteiger partial charge in [0.1, 0.15) is 17.9 Å². The van der Waals surface area contributed by atoms with E-state index in [4.69, 9.17) is 9.47 Å². The first-order valence-corrected chi connectivity index (χ1v) is 8.23. The molecule has 0 saturated carbocycles. The monoisotopic (exact) mass is 381 g/mol. The number of rotatable bonds is 6. The molecule has 1 aromatic rings. The average molecular weight is 381 g/mol. The van der Waals surface area contributed by atoms with E-state index in [2.05, 4.69) is 10.8 Å². The van der Waals surface area contributed by atoms with Gasteiger partial charge in [0, 0.05) is 5.69 Å². The molecule has 2 atom stereocenters. The van der Waals surface area contributed by atoms with Crippen molar-refractivity contribution >= 4 is 21.9 Å². The van der Waals surface area contributed by atoms with Crippen LogP contribution in [0.4, 0.5) is 23.7 Å². The fourth-order valence-corrected chi connectivity index (χ4v) is 2.63. The van der Waals surface area contributed by atoms with Gasteiger partial charge in [-0.3, -0.25) is 9.08 Å². The number of methoxy groups -OCH3 is 1. The van der Waals surface area contributed by atoms with Crippen LogP contribution in [0, 0.1) is 0 Å². The molecule has 1 aliphatic rings. The number of carbonyl (C=O) groups excluding carboxylic acids is 1. The lowest BCUT2D eigenvalue weighted by molar-refractivity contribution is -0.0547. The Balaban J connectivity index is 2.27. The van der Waals surface area contributed by atoms with Crippen molar-refractivity contribution in [3.63, 3.8) is 0 Å². The first-order chi connectivity index (χ1) is 11.6. The van der Waals surface area contributed by atoms with E-state index in [1.54, 1.807) is 0 Å². The molecule has 1 fully saturated rings. The summed E-state index contributed by atoms with van der Waals surface area (Å²) in [6.45, 7) is 2.48. The van der Waals surface area contributed by atoms with Crippen LogP contribution < -0.4 is 9.64 Å². The maximum atomic E-state index is 12.4. The normalized spacial score (nSPS) is 21.1. The third kappa shape index (κ3) is 3.87. The van der Waals surface area contributed by atoms with Crippen molar-refractivity contribution in [3.05, 3.63) is 36.9 Å². The molecule has 11 heteroatoms. The number of nitrogens with zero attached hydrogens (tertiary/aromatic N) is 1. The van der Waals surface area contributed by atoms with Gasteiger partial charge in [0.05, 0.1) is 13.7 Å². The molecule has 0 unspecified atom stereocenters. The van der Waals surface area contributed by atoms with E-state index in [0.717, 1.165) is 4.90 Å². The number of anilines is 1. The van der Waals surface area contributed by atoms with E-state index < -0.39 is 40.5 Å². The summed E-state index contributed by atoms with van der Waals surface area (Å²) < 4.78 is 73.4. The van der Waals surface area contributed by atoms with Crippen LogP contribution in [0.2, 0.25) is 0 Å². The van der Waals surface area contributed by atoms with Gasteiger partial charge in [-0.2, -0.15) is 21.6 Å². The van der Waals surface area contributed by atoms with Crippen molar-refractivity contribution in [2.45, 2.75) is 17.7 Å². The molecule has 25 heavy (non-hydrogen) atoms. The number of carbonyl (C=O) groups is 1. The van der Waals surface area contributed by atoms with Gasteiger partial charge in [0.25, 0.3) is 0 Å². The van der Waals surface area contributed by atoms with Crippen LogP contribution in [-0.4, -0.2) is 45.9 Å². The van der Waals surface area contributed by atoms with Crippen molar-refractivity contribution in [1.29, 1.82) is 0 Å². The summed E-state index contributed by atoms with van der Waals surface area (Å²) in [7, 11) is -4.36. The lowest BCUT2D eigenvalue weighted by Gasteiger charge is -2.23. The molecule has 0 aliphatic carbocycles. The molecule has 2 rings (SSSR count). The Labute approximate surface area is 141 Å². The van der Waals surface area contributed by atoms with Crippen LogP contribution in [0.5, 0.6) is 5.75 Å². The second kappa shape index (κ2) is 6.92. The molecule has 1 heterocycles. The molecular formula is C14H14F3NO6S. The summed E-state index contributed by atoms with van der Waals surface area (Å²) in [4.78, 5) is 13.0. The summed E-state index contributed by atoms with van der Waals surface area (Å²) in [5.41, 5.74) is -5.29. The van der Waals surface area contributed by atoms with Gasteiger partial charge in [-0.25, -0.2) is 4.79 Å². The topological polar surface area (TPSA) is 82.1 Å². The second-order valence-corrected chi connectivity index (χ2v) is 6.51. The Morgan fingerprint density at radius 2 is 1.92 bits per heavy atom. The van der Waals surface area contributed by atoms with E-state index >= 15 is 0 Å². The zero-order valence-electron chi connectivity index (χ0n) is 12.9. The molecule has 1 aromatic carbocycles. The van der Waals surface area contributed by atoms with Crippen LogP contribution in [0.1, 0.15) is 0 Å². The molecular weight excluding hydrogens is 367 g/mol. The second-order valence-electron chi connectivity index (χ2n) is 4.90. The van der Waals surface area contributed by atoms with Crippen molar-refractivity contribution in [2.24, 2.45) is 0 Å². The molecule has 0 spiro atoms. The highest BCUT2D eigenvalue weighted by Gasteiger charge is 2.49. The highest BCUT2D eigenvalue weighted by molar-refractivity contribution is 7.87. The van der Waals surface area contributed by atoms with Crippen molar-refractivity contribution in [2.75, 3.05) is 18.6 Å². The van der Waals surface area contributed by atoms with Gasteiger partial charge in [-0.15, -0.1) is 0 Å². The number of hydrogen-bond acceptors (Lipinski definition) is 6. The minimum Gasteiger partial charge on any atom is -0.497 e. The van der Waals surface area contributed by atoms with Crippen molar-refractivity contribution in [3.8, 4) is 5.75 Å². The molecule has 138 valence electrons. The average Bonchev–Trinajstić information content (AvgIpc) is 2.87. The minimum absolute atomic E-state index is 0.271. The standard InChI is InChI=1S/C14H14F3NO6S/c1-3-12-11(8-23-25(20,21)14(15,16)17)18(13(19)24-12)9-4-6-10(22-2)7-5-9/h3-7,11-12H,1,8H2,2H3/t11-,12+/m0/s1. The lowest BCUT2D eigenvalue weighted by Crippen LogP contribution is -2.41. The largest absolute Gasteiger partial charge is 0.523 e. The predicted octanol–water partition coefficient (Wildman–Crippen LogP) is 2.44. The number of ether oxygens (including phenoxy) is 2. The zero-order chi connectivity index (χ0) is 18.8. The Kier molecular flexibility index (Phi) is 5.28. The maximum absolute atomic E-state index is 12.4. The van der Waals surface area contributed by atoms with Gasteiger partial charge in [-0.1, -0.05) is 6.58 Å². The predicted molar refractivity (Wildman–Crippen MR) is 80.7 cm³/mol. The number of hydrogen-bond donors (Lipinski definition) is 0. The van der Waals surface area contributed by atoms with Crippen molar-refractivity contribution < 1.29 is 40.0 Å². The van der Waals surface area contributed by atoms with Crippen LogP contribution >= 0.6 is 0 Å². The van der Waals surface area contributed by atoms with Crippen LogP contribution in [0.15, 0.2) is 36.9 Å². The SMILES string of the molecule is C=C[C@H]1OC(=O)N(c2ccc(OC)cc2)[C@H]1COS(=O)(=O)C(F)(F)F. The fraction of sp³-hybridized carbons (Fsp3) is 0.357. The van der Waals surface area contributed by atoms with Crippen molar-refractivity contribution in [1.82, 2.24) is 0 Å². The first kappa shape index (κ1) is 19.1. The Morgan fingerprint density at radius 3 is 2.40 bits per heavy atom. The molecule has 1 saturated heterocycles. The number of amides is 1. The van der Waals surface area contributed by atoms with Gasteiger partial charge in [0.15, 0.2) is 0 Å².